The highest BCUT2D eigenvalue weighted by atomic mass is 16.5. The topological polar surface area (TPSA) is 101 Å². The molecule has 2 atom stereocenters. The molecule has 0 radical (unpaired) electrons. The van der Waals surface area contributed by atoms with E-state index in [0.29, 0.717) is 17.0 Å². The van der Waals surface area contributed by atoms with Crippen molar-refractivity contribution < 1.29 is 23.5 Å². The van der Waals surface area contributed by atoms with Crippen LogP contribution in [-0.2, 0) is 28.9 Å². The number of hydrogen-bond acceptors (Lipinski definition) is 5. The Hall–Kier alpha value is -4.85. The molecule has 3 aromatic carbocycles. The summed E-state index contributed by atoms with van der Waals surface area (Å²) in [6.07, 6.45) is 4.30. The molecule has 0 unspecified atom stereocenters. The monoisotopic (exact) mass is 551 g/mol. The van der Waals surface area contributed by atoms with Crippen LogP contribution in [-0.4, -0.2) is 36.5 Å². The van der Waals surface area contributed by atoms with Crippen molar-refractivity contribution in [3.8, 4) is 0 Å². The van der Waals surface area contributed by atoms with Crippen molar-refractivity contribution in [2.75, 3.05) is 19.0 Å². The Morgan fingerprint density at radius 3 is 2.54 bits per heavy atom. The fourth-order valence-electron chi connectivity index (χ4n) is 5.54. The highest BCUT2D eigenvalue weighted by Gasteiger charge is 2.36. The van der Waals surface area contributed by atoms with E-state index in [1.807, 2.05) is 47.4 Å². The van der Waals surface area contributed by atoms with Crippen LogP contribution in [0.1, 0.15) is 45.3 Å². The summed E-state index contributed by atoms with van der Waals surface area (Å²) in [6, 6.07) is 27.9. The van der Waals surface area contributed by atoms with Gasteiger partial charge in [0.2, 0.25) is 5.91 Å². The highest BCUT2D eigenvalue weighted by molar-refractivity contribution is 5.95. The molecule has 41 heavy (non-hydrogen) atoms. The van der Waals surface area contributed by atoms with Gasteiger partial charge in [0.05, 0.1) is 38.1 Å². The molecular formula is C33H33N3O5. The first-order valence-corrected chi connectivity index (χ1v) is 13.7. The van der Waals surface area contributed by atoms with Crippen LogP contribution in [0.15, 0.2) is 102 Å². The molecule has 3 amide bonds. The highest BCUT2D eigenvalue weighted by Crippen LogP contribution is 2.41. The number of fused-ring (bicyclic) bond motifs is 1. The number of rotatable bonds is 9. The predicted molar refractivity (Wildman–Crippen MR) is 155 cm³/mol. The summed E-state index contributed by atoms with van der Waals surface area (Å²) in [5, 5.41) is 5.38. The second-order valence-corrected chi connectivity index (χ2v) is 10.1. The maximum Gasteiger partial charge on any atom is 0.337 e. The van der Waals surface area contributed by atoms with Gasteiger partial charge in [0.1, 0.15) is 5.76 Å². The largest absolute Gasteiger partial charge is 0.467 e. The van der Waals surface area contributed by atoms with E-state index >= 15 is 0 Å². The molecule has 0 spiro atoms. The van der Waals surface area contributed by atoms with Gasteiger partial charge in [-0.25, -0.2) is 9.59 Å². The molecule has 1 aromatic heterocycles. The number of benzene rings is 3. The first-order valence-electron chi connectivity index (χ1n) is 13.7. The summed E-state index contributed by atoms with van der Waals surface area (Å²) in [4.78, 5) is 40.3. The minimum absolute atomic E-state index is 0.182. The van der Waals surface area contributed by atoms with Crippen molar-refractivity contribution in [2.45, 2.75) is 31.8 Å². The zero-order valence-corrected chi connectivity index (χ0v) is 22.9. The number of nitrogens with zero attached hydrogens (tertiary/aromatic N) is 1. The molecule has 210 valence electrons. The van der Waals surface area contributed by atoms with Crippen LogP contribution in [0, 0.1) is 5.92 Å². The third-order valence-corrected chi connectivity index (χ3v) is 7.45. The molecule has 0 aliphatic heterocycles. The molecule has 5 rings (SSSR count). The van der Waals surface area contributed by atoms with Crippen LogP contribution in [0.3, 0.4) is 0 Å². The van der Waals surface area contributed by atoms with Gasteiger partial charge in [0, 0.05) is 5.69 Å². The summed E-state index contributed by atoms with van der Waals surface area (Å²) in [5.41, 5.74) is 4.30. The van der Waals surface area contributed by atoms with Crippen LogP contribution < -0.4 is 10.6 Å². The van der Waals surface area contributed by atoms with Crippen molar-refractivity contribution >= 4 is 23.6 Å². The molecule has 0 bridgehead atoms. The lowest BCUT2D eigenvalue weighted by atomic mass is 9.76. The van der Waals surface area contributed by atoms with Gasteiger partial charge >= 0.3 is 12.0 Å². The fraction of sp³-hybridized carbons (Fsp3) is 0.242. The average molecular weight is 552 g/mol. The Bertz CT molecular complexity index is 1490. The quantitative estimate of drug-likeness (QED) is 0.258. The number of methoxy groups -OCH3 is 1. The van der Waals surface area contributed by atoms with Gasteiger partial charge < -0.3 is 24.7 Å². The number of esters is 1. The lowest BCUT2D eigenvalue weighted by Gasteiger charge is -2.41. The third-order valence-electron chi connectivity index (χ3n) is 7.45. The Morgan fingerprint density at radius 1 is 0.951 bits per heavy atom. The lowest BCUT2D eigenvalue weighted by molar-refractivity contribution is -0.135. The number of carbonyl (C=O) groups excluding carboxylic acids is 3. The Kier molecular flexibility index (Phi) is 8.79. The number of carbonyl (C=O) groups is 3. The van der Waals surface area contributed by atoms with Gasteiger partial charge in [-0.05, 0) is 72.2 Å². The molecule has 1 aliphatic carbocycles. The summed E-state index contributed by atoms with van der Waals surface area (Å²) in [7, 11) is 1.30. The molecule has 0 fully saturated rings. The first kappa shape index (κ1) is 27.7. The number of ether oxygens (including phenoxy) is 1. The van der Waals surface area contributed by atoms with Crippen molar-refractivity contribution in [3.05, 3.63) is 125 Å². The number of aryl methyl sites for hydroxylation is 1. The summed E-state index contributed by atoms with van der Waals surface area (Å²) in [6.45, 7) is 0.0700. The van der Waals surface area contributed by atoms with Crippen LogP contribution in [0.5, 0.6) is 0 Å². The van der Waals surface area contributed by atoms with Crippen molar-refractivity contribution in [3.63, 3.8) is 0 Å². The molecule has 8 nitrogen and oxygen atoms in total. The Balaban J connectivity index is 1.37. The molecule has 4 aromatic rings. The van der Waals surface area contributed by atoms with Crippen LogP contribution >= 0.6 is 0 Å². The Labute approximate surface area is 239 Å². The third kappa shape index (κ3) is 6.84. The van der Waals surface area contributed by atoms with Crippen molar-refractivity contribution in [2.24, 2.45) is 5.92 Å². The average Bonchev–Trinajstić information content (AvgIpc) is 3.52. The maximum atomic E-state index is 13.9. The molecule has 8 heteroatoms. The van der Waals surface area contributed by atoms with Crippen LogP contribution in [0.4, 0.5) is 10.5 Å². The summed E-state index contributed by atoms with van der Waals surface area (Å²) < 4.78 is 10.4. The number of amides is 3. The minimum atomic E-state index is -0.553. The first-order chi connectivity index (χ1) is 20.0. The SMILES string of the molecule is COC(=O)c1cccc(NC(=O)NCC(=O)N(Cc2ccco2)[C@@H]2c3ccccc3CC[C@H]2Cc2ccccc2)c1. The fourth-order valence-corrected chi connectivity index (χ4v) is 5.54. The van der Waals surface area contributed by atoms with Gasteiger partial charge in [-0.15, -0.1) is 0 Å². The molecular weight excluding hydrogens is 518 g/mol. The van der Waals surface area contributed by atoms with Crippen LogP contribution in [0.25, 0.3) is 0 Å². The summed E-state index contributed by atoms with van der Waals surface area (Å²) in [5.74, 6) is 0.125. The molecule has 2 N–H and O–H groups in total. The van der Waals surface area contributed by atoms with E-state index in [4.69, 9.17) is 9.15 Å². The second kappa shape index (κ2) is 13.0. The van der Waals surface area contributed by atoms with E-state index in [2.05, 4.69) is 34.9 Å². The zero-order chi connectivity index (χ0) is 28.6. The standard InChI is InChI=1S/C33H33N3O5/c1-40-32(38)26-12-7-13-27(20-26)35-33(39)34-21-30(37)36(22-28-14-8-18-41-28)31-25(19-23-9-3-2-4-10-23)17-16-24-11-5-6-15-29(24)31/h2-15,18,20,25,31H,16-17,19,21-22H2,1H3,(H2,34,35,39)/t25-,31-/m0/s1. The molecule has 1 aliphatic rings. The van der Waals surface area contributed by atoms with Gasteiger partial charge in [0.25, 0.3) is 0 Å². The van der Waals surface area contributed by atoms with E-state index in [1.54, 1.807) is 24.5 Å². The number of anilines is 1. The van der Waals surface area contributed by atoms with E-state index in [0.717, 1.165) is 24.8 Å². The van der Waals surface area contributed by atoms with Gasteiger partial charge in [-0.3, -0.25) is 4.79 Å². The van der Waals surface area contributed by atoms with E-state index in [-0.39, 0.29) is 31.0 Å². The van der Waals surface area contributed by atoms with Gasteiger partial charge in [-0.2, -0.15) is 0 Å². The normalized spacial score (nSPS) is 15.8. The number of nitrogens with one attached hydrogen (secondary N) is 2. The van der Waals surface area contributed by atoms with Crippen molar-refractivity contribution in [1.82, 2.24) is 10.2 Å². The van der Waals surface area contributed by atoms with Crippen molar-refractivity contribution in [1.29, 1.82) is 0 Å². The Morgan fingerprint density at radius 2 is 1.76 bits per heavy atom. The van der Waals surface area contributed by atoms with Crippen LogP contribution in [0.2, 0.25) is 0 Å². The maximum absolute atomic E-state index is 13.9. The molecule has 1 heterocycles. The lowest BCUT2D eigenvalue weighted by Crippen LogP contribution is -2.46. The predicted octanol–water partition coefficient (Wildman–Crippen LogP) is 5.76. The van der Waals surface area contributed by atoms with Gasteiger partial charge in [0.15, 0.2) is 0 Å². The van der Waals surface area contributed by atoms with Gasteiger partial charge in [-0.1, -0.05) is 60.7 Å². The number of furan rings is 1. The molecule has 0 saturated heterocycles. The smallest absolute Gasteiger partial charge is 0.337 e. The van der Waals surface area contributed by atoms with E-state index in [9.17, 15) is 14.4 Å². The minimum Gasteiger partial charge on any atom is -0.467 e. The molecule has 0 saturated carbocycles. The summed E-state index contributed by atoms with van der Waals surface area (Å²) >= 11 is 0. The number of hydrogen-bond donors (Lipinski definition) is 2. The number of urea groups is 1. The van der Waals surface area contributed by atoms with E-state index in [1.165, 1.54) is 24.3 Å². The zero-order valence-electron chi connectivity index (χ0n) is 22.9. The van der Waals surface area contributed by atoms with E-state index < -0.39 is 12.0 Å². The second-order valence-electron chi connectivity index (χ2n) is 10.1.